The van der Waals surface area contributed by atoms with Gasteiger partial charge in [0.1, 0.15) is 10.7 Å². The molecule has 0 unspecified atom stereocenters. The SMILES string of the molecule is O=C([NH2+]C1=Nc2ccccc2C2=NCCN12)c1ccc([N+](=O)[O-])s1. The van der Waals surface area contributed by atoms with Crippen LogP contribution < -0.4 is 5.32 Å². The Hall–Kier alpha value is -2.91. The van der Waals surface area contributed by atoms with E-state index in [9.17, 15) is 14.9 Å². The molecule has 1 aromatic heterocycles. The first-order chi connectivity index (χ1) is 11.6. The van der Waals surface area contributed by atoms with Crippen molar-refractivity contribution in [2.45, 2.75) is 0 Å². The van der Waals surface area contributed by atoms with Crippen molar-refractivity contribution in [1.29, 1.82) is 0 Å². The zero-order chi connectivity index (χ0) is 16.7. The first-order valence-electron chi connectivity index (χ1n) is 7.27. The minimum absolute atomic E-state index is 0.0499. The second-order valence-corrected chi connectivity index (χ2v) is 6.31. The molecule has 120 valence electrons. The summed E-state index contributed by atoms with van der Waals surface area (Å²) in [7, 11) is 0. The van der Waals surface area contributed by atoms with Crippen LogP contribution in [-0.4, -0.2) is 40.6 Å². The number of primary amides is 1. The lowest BCUT2D eigenvalue weighted by Gasteiger charge is -2.23. The van der Waals surface area contributed by atoms with Gasteiger partial charge in [-0.3, -0.25) is 20.0 Å². The molecule has 0 saturated carbocycles. The summed E-state index contributed by atoms with van der Waals surface area (Å²) in [6.45, 7) is 1.31. The Morgan fingerprint density at radius 3 is 2.92 bits per heavy atom. The average molecular weight is 342 g/mol. The van der Waals surface area contributed by atoms with Crippen molar-refractivity contribution in [2.24, 2.45) is 9.98 Å². The number of amidine groups is 1. The zero-order valence-electron chi connectivity index (χ0n) is 12.4. The van der Waals surface area contributed by atoms with Crippen molar-refractivity contribution < 1.29 is 15.0 Å². The van der Waals surface area contributed by atoms with E-state index < -0.39 is 4.92 Å². The van der Waals surface area contributed by atoms with Crippen molar-refractivity contribution in [2.75, 3.05) is 13.1 Å². The zero-order valence-corrected chi connectivity index (χ0v) is 13.2. The van der Waals surface area contributed by atoms with E-state index in [4.69, 9.17) is 0 Å². The molecular formula is C15H12N5O3S+. The van der Waals surface area contributed by atoms with Gasteiger partial charge in [0.2, 0.25) is 0 Å². The molecule has 2 N–H and O–H groups in total. The van der Waals surface area contributed by atoms with Gasteiger partial charge >= 0.3 is 16.9 Å². The summed E-state index contributed by atoms with van der Waals surface area (Å²) in [4.78, 5) is 34.0. The molecule has 0 atom stereocenters. The van der Waals surface area contributed by atoms with Crippen molar-refractivity contribution >= 4 is 39.7 Å². The minimum Gasteiger partial charge on any atom is -0.266 e. The average Bonchev–Trinajstić information content (AvgIpc) is 3.25. The van der Waals surface area contributed by atoms with E-state index >= 15 is 0 Å². The smallest absolute Gasteiger partial charge is 0.266 e. The van der Waals surface area contributed by atoms with Gasteiger partial charge in [-0.2, -0.15) is 4.99 Å². The molecule has 3 heterocycles. The first-order valence-corrected chi connectivity index (χ1v) is 8.08. The first kappa shape index (κ1) is 14.7. The van der Waals surface area contributed by atoms with Gasteiger partial charge in [0, 0.05) is 11.6 Å². The number of nitrogens with zero attached hydrogens (tertiary/aromatic N) is 4. The number of aliphatic imine (C=N–C) groups is 2. The van der Waals surface area contributed by atoms with Crippen molar-refractivity contribution in [1.82, 2.24) is 4.90 Å². The fraction of sp³-hybridized carbons (Fsp3) is 0.133. The maximum absolute atomic E-state index is 12.4. The largest absolute Gasteiger partial charge is 0.360 e. The molecule has 0 bridgehead atoms. The number of carbonyl (C=O) groups excluding carboxylic acids is 1. The number of fused-ring (bicyclic) bond motifs is 3. The summed E-state index contributed by atoms with van der Waals surface area (Å²) in [6.07, 6.45) is 0. The number of para-hydroxylation sites is 1. The van der Waals surface area contributed by atoms with Crippen LogP contribution in [0.5, 0.6) is 0 Å². The number of rotatable bonds is 2. The molecule has 0 radical (unpaired) electrons. The second-order valence-electron chi connectivity index (χ2n) is 5.25. The van der Waals surface area contributed by atoms with E-state index in [-0.39, 0.29) is 10.9 Å². The second kappa shape index (κ2) is 5.62. The summed E-state index contributed by atoms with van der Waals surface area (Å²) >= 11 is 0.865. The molecule has 0 aliphatic carbocycles. The summed E-state index contributed by atoms with van der Waals surface area (Å²) < 4.78 is 0. The third kappa shape index (κ3) is 2.39. The Balaban J connectivity index is 1.64. The molecule has 24 heavy (non-hydrogen) atoms. The van der Waals surface area contributed by atoms with Gasteiger partial charge in [-0.15, -0.1) is 0 Å². The van der Waals surface area contributed by atoms with E-state index in [1.165, 1.54) is 17.4 Å². The van der Waals surface area contributed by atoms with Crippen LogP contribution in [0.15, 0.2) is 46.4 Å². The molecule has 1 aromatic carbocycles. The molecule has 0 spiro atoms. The van der Waals surface area contributed by atoms with Crippen LogP contribution in [0, 0.1) is 10.1 Å². The number of amides is 1. The summed E-state index contributed by atoms with van der Waals surface area (Å²) in [5.74, 6) is 1.04. The molecule has 0 fully saturated rings. The number of carbonyl (C=O) groups is 1. The van der Waals surface area contributed by atoms with Gasteiger partial charge < -0.3 is 0 Å². The highest BCUT2D eigenvalue weighted by Crippen LogP contribution is 2.27. The third-order valence-corrected chi connectivity index (χ3v) is 4.82. The topological polar surface area (TPSA) is 105 Å². The van der Waals surface area contributed by atoms with Gasteiger partial charge in [-0.25, -0.2) is 10.1 Å². The number of benzene rings is 1. The Morgan fingerprint density at radius 2 is 2.12 bits per heavy atom. The van der Waals surface area contributed by atoms with Gasteiger partial charge in [-0.05, 0) is 18.2 Å². The molecular weight excluding hydrogens is 330 g/mol. The molecule has 4 rings (SSSR count). The number of thiophene rings is 1. The predicted octanol–water partition coefficient (Wildman–Crippen LogP) is 1.12. The van der Waals surface area contributed by atoms with E-state index in [1.54, 1.807) is 0 Å². The standard InChI is InChI=1S/C15H11N5O3S/c21-14(11-5-6-12(24-11)20(22)23)18-15-17-10-4-2-1-3-9(10)13-16-7-8-19(13)15/h1-6H,7-8H2,(H,17,18,21)/p+1. The Morgan fingerprint density at radius 1 is 1.29 bits per heavy atom. The predicted molar refractivity (Wildman–Crippen MR) is 88.9 cm³/mol. The van der Waals surface area contributed by atoms with Crippen molar-refractivity contribution in [3.8, 4) is 0 Å². The molecule has 2 aliphatic heterocycles. The lowest BCUT2D eigenvalue weighted by molar-refractivity contribution is -0.439. The Bertz CT molecular complexity index is 917. The van der Waals surface area contributed by atoms with E-state index in [1.807, 2.05) is 29.2 Å². The van der Waals surface area contributed by atoms with Gasteiger partial charge in [0.15, 0.2) is 0 Å². The molecule has 8 nitrogen and oxygen atoms in total. The van der Waals surface area contributed by atoms with E-state index in [0.717, 1.165) is 28.4 Å². The van der Waals surface area contributed by atoms with Crippen LogP contribution >= 0.6 is 11.3 Å². The number of hydrogen-bond donors (Lipinski definition) is 1. The van der Waals surface area contributed by atoms with Gasteiger partial charge in [0.05, 0.1) is 23.7 Å². The quantitative estimate of drug-likeness (QED) is 0.652. The van der Waals surface area contributed by atoms with Crippen molar-refractivity contribution in [3.05, 3.63) is 57.0 Å². The number of quaternary nitrogens is 1. The molecule has 1 amide bonds. The normalized spacial score (nSPS) is 15.4. The minimum atomic E-state index is -0.499. The lowest BCUT2D eigenvalue weighted by atomic mass is 10.1. The number of nitrogens with two attached hydrogens (primary N) is 1. The highest BCUT2D eigenvalue weighted by Gasteiger charge is 2.34. The van der Waals surface area contributed by atoms with Crippen LogP contribution in [0.1, 0.15) is 15.2 Å². The highest BCUT2D eigenvalue weighted by molar-refractivity contribution is 7.17. The monoisotopic (exact) mass is 342 g/mol. The van der Waals surface area contributed by atoms with Gasteiger partial charge in [-0.1, -0.05) is 23.5 Å². The van der Waals surface area contributed by atoms with Crippen LogP contribution in [0.4, 0.5) is 10.7 Å². The Labute approximate surface area is 140 Å². The van der Waals surface area contributed by atoms with Crippen LogP contribution in [0.25, 0.3) is 0 Å². The number of hydrogen-bond acceptors (Lipinski definition) is 7. The molecule has 9 heteroatoms. The molecule has 2 aromatic rings. The Kier molecular flexibility index (Phi) is 3.44. The summed E-state index contributed by atoms with van der Waals surface area (Å²) in [6, 6.07) is 10.5. The third-order valence-electron chi connectivity index (χ3n) is 3.77. The lowest BCUT2D eigenvalue weighted by Crippen LogP contribution is -2.94. The fourth-order valence-corrected chi connectivity index (χ4v) is 3.43. The molecule has 2 aliphatic rings. The van der Waals surface area contributed by atoms with E-state index in [2.05, 4.69) is 9.98 Å². The number of guanidine groups is 1. The van der Waals surface area contributed by atoms with Crippen LogP contribution in [0.3, 0.4) is 0 Å². The fourth-order valence-electron chi connectivity index (χ4n) is 2.70. The van der Waals surface area contributed by atoms with Crippen molar-refractivity contribution in [3.63, 3.8) is 0 Å². The van der Waals surface area contributed by atoms with E-state index in [0.29, 0.717) is 23.9 Å². The highest BCUT2D eigenvalue weighted by atomic mass is 32.1. The number of nitro groups is 1. The summed E-state index contributed by atoms with van der Waals surface area (Å²) in [5, 5.41) is 12.1. The van der Waals surface area contributed by atoms with Crippen LogP contribution in [0.2, 0.25) is 0 Å². The van der Waals surface area contributed by atoms with Crippen LogP contribution in [-0.2, 0) is 0 Å². The maximum Gasteiger partial charge on any atom is 0.360 e. The van der Waals surface area contributed by atoms with Gasteiger partial charge in [0.25, 0.3) is 0 Å². The summed E-state index contributed by atoms with van der Waals surface area (Å²) in [5.41, 5.74) is 1.72. The maximum atomic E-state index is 12.4. The molecule has 0 saturated heterocycles.